The summed E-state index contributed by atoms with van der Waals surface area (Å²) in [6.45, 7) is 1.08. The summed E-state index contributed by atoms with van der Waals surface area (Å²) >= 11 is 0. The number of aromatic nitrogens is 4. The normalized spacial score (nSPS) is 10.0. The molecule has 0 aliphatic heterocycles. The molecule has 0 saturated carbocycles. The molecule has 22 heteroatoms. The van der Waals surface area contributed by atoms with Gasteiger partial charge in [-0.05, 0) is 82.2 Å². The maximum atomic E-state index is 12.7. The molecule has 0 amide bonds. The third kappa shape index (κ3) is 19.4. The minimum atomic E-state index is -4.04. The first kappa shape index (κ1) is 64.6. The van der Waals surface area contributed by atoms with Crippen LogP contribution in [0.2, 0.25) is 0 Å². The van der Waals surface area contributed by atoms with Crippen molar-refractivity contribution >= 4 is 92.1 Å². The zero-order valence-corrected chi connectivity index (χ0v) is 45.4. The van der Waals surface area contributed by atoms with Crippen LogP contribution >= 0.6 is 0 Å². The minimum Gasteiger partial charge on any atom is -0.572 e. The van der Waals surface area contributed by atoms with E-state index in [0.717, 1.165) is 52.7 Å². The van der Waals surface area contributed by atoms with Crippen LogP contribution in [-0.4, -0.2) is 57.7 Å². The van der Waals surface area contributed by atoms with Crippen LogP contribution in [-0.2, 0) is 65.7 Å². The molecule has 0 bridgehead atoms. The smallest absolute Gasteiger partial charge is 0.572 e. The Labute approximate surface area is 483 Å². The van der Waals surface area contributed by atoms with Crippen LogP contribution in [0.25, 0.3) is 52.8 Å². The topological polar surface area (TPSA) is 272 Å². The number of non-ortho nitro benzene ring substituents is 2. The number of carboxylic acid groups (broad SMARTS) is 1. The van der Waals surface area contributed by atoms with Gasteiger partial charge < -0.3 is 14.6 Å². The van der Waals surface area contributed by atoms with Crippen molar-refractivity contribution in [2.45, 2.75) is 24.1 Å². The second-order valence-corrected chi connectivity index (χ2v) is 18.5. The Kier molecular flexibility index (Phi) is 26.2. The molecule has 0 atom stereocenters. The number of benzene rings is 7. The van der Waals surface area contributed by atoms with Gasteiger partial charge in [0.1, 0.15) is 20.0 Å². The predicted molar refractivity (Wildman–Crippen MR) is 299 cm³/mol. The average Bonchev–Trinajstić information content (AvgIpc) is 3.47. The molecule has 0 spiro atoms. The quantitative estimate of drug-likeness (QED) is 0.0487. The number of fused-ring (bicyclic) bond motifs is 6. The zero-order chi connectivity index (χ0) is 54.3. The molecule has 11 rings (SSSR count). The van der Waals surface area contributed by atoms with Gasteiger partial charge in [0.05, 0.1) is 30.7 Å². The Morgan fingerprint density at radius 3 is 1.09 bits per heavy atom. The van der Waals surface area contributed by atoms with E-state index in [1.165, 1.54) is 24.3 Å². The van der Waals surface area contributed by atoms with Gasteiger partial charge in [0.25, 0.3) is 17.3 Å². The number of hydrogen-bond donors (Lipinski definition) is 1. The summed E-state index contributed by atoms with van der Waals surface area (Å²) in [5, 5.41) is 33.6. The van der Waals surface area contributed by atoms with Gasteiger partial charge in [-0.3, -0.25) is 45.0 Å². The molecule has 4 aromatic heterocycles. The van der Waals surface area contributed by atoms with Gasteiger partial charge in [-0.2, -0.15) is 36.4 Å². The molecule has 0 radical (unpaired) electrons. The fourth-order valence-corrected chi connectivity index (χ4v) is 8.75. The summed E-state index contributed by atoms with van der Waals surface area (Å²) in [7, 11) is -8.08. The molecule has 408 valence electrons. The van der Waals surface area contributed by atoms with Crippen molar-refractivity contribution < 1.29 is 77.4 Å². The van der Waals surface area contributed by atoms with Crippen molar-refractivity contribution in [3.8, 4) is 0 Å². The first-order valence-electron chi connectivity index (χ1n) is 22.4. The van der Waals surface area contributed by atoms with Crippen LogP contribution < -0.4 is 0 Å². The number of carboxylic acids is 1. The van der Waals surface area contributed by atoms with Crippen molar-refractivity contribution in [3.05, 3.63) is 273 Å². The molecule has 0 unspecified atom stereocenters. The van der Waals surface area contributed by atoms with Crippen molar-refractivity contribution in [2.24, 2.45) is 0 Å². The van der Waals surface area contributed by atoms with Gasteiger partial charge in [-0.1, -0.05) is 92.4 Å². The first-order chi connectivity index (χ1) is 36.6. The molecule has 0 saturated heterocycles. The molecular formula is C57H47N8O10Pd2S2-. The van der Waals surface area contributed by atoms with Gasteiger partial charge >= 0.3 is 20.4 Å². The summed E-state index contributed by atoms with van der Waals surface area (Å²) < 4.78 is 58.8. The fourth-order valence-electron chi connectivity index (χ4n) is 6.75. The van der Waals surface area contributed by atoms with Crippen LogP contribution in [0.3, 0.4) is 0 Å². The molecule has 79 heavy (non-hydrogen) atoms. The van der Waals surface area contributed by atoms with Crippen molar-refractivity contribution in [1.29, 1.82) is 0 Å². The first-order valence-corrected chi connectivity index (χ1v) is 25.3. The molecule has 0 fully saturated rings. The van der Waals surface area contributed by atoms with E-state index < -0.39 is 35.9 Å². The third-order valence-electron chi connectivity index (χ3n) is 10.1. The molecular weight excluding hydrogens is 1230 g/mol. The summed E-state index contributed by atoms with van der Waals surface area (Å²) in [5.41, 5.74) is 1.50. The molecule has 1 N–H and O–H groups in total. The van der Waals surface area contributed by atoms with E-state index in [-0.39, 0.29) is 80.8 Å². The Hall–Kier alpha value is -8.73. The minimum absolute atomic E-state index is 0. The Balaban J connectivity index is 0.000000292. The van der Waals surface area contributed by atoms with Gasteiger partial charge in [0, 0.05) is 99.6 Å². The van der Waals surface area contributed by atoms with Gasteiger partial charge in [-0.25, -0.2) is 16.8 Å². The van der Waals surface area contributed by atoms with Crippen LogP contribution in [0.5, 0.6) is 0 Å². The standard InChI is InChI=1S/2C19H12N3O4S.C6H5.2C5H5N.C2H4O2.CH4.2Pd/c2*23-22(24)15-8-10-16(11-9-15)27(25,26)21-17-5-1-3-13-6-7-14-4-2-12-20-19(14)18(13)17;3*1-2-4-6-5-3-1;1-2(3)4;;;/h2*1-12H;3*1-5H;1H3,(H,3,4);1H4;;/q3*-1;;;;;;+2. The molecule has 7 aromatic carbocycles. The summed E-state index contributed by atoms with van der Waals surface area (Å²) in [4.78, 5) is 45.4. The number of nitro benzene ring substituents is 2. The Morgan fingerprint density at radius 2 is 0.810 bits per heavy atom. The van der Waals surface area contributed by atoms with Crippen molar-refractivity contribution in [2.75, 3.05) is 0 Å². The summed E-state index contributed by atoms with van der Waals surface area (Å²) in [5.74, 6) is -0.833. The monoisotopic (exact) mass is 1280 g/mol. The SMILES string of the molecule is C.CC(=O)O.O=[N+]([O-])c1ccc(S(=O)(=O)[N-]c2cccc3ccc4cccnc4c23)cc1.O=[N+]([O-])c1ccc(S(=O)(=O)[N-]c2cccc3ccc4cccnc4c23)cc1.[Pd+2].[Pd].[c-]1ccccc1.c1ccncc1.c1ccncc1. The second kappa shape index (κ2) is 32.1. The number of rotatable bonds is 8. The van der Waals surface area contributed by atoms with Crippen LogP contribution in [0.15, 0.2) is 247 Å². The van der Waals surface area contributed by atoms with E-state index in [2.05, 4.69) is 35.4 Å². The largest absolute Gasteiger partial charge is 2.00 e. The fraction of sp³-hybridized carbons (Fsp3) is 0.0351. The Bertz CT molecular complexity index is 3560. The molecule has 18 nitrogen and oxygen atoms in total. The van der Waals surface area contributed by atoms with Crippen LogP contribution in [0.4, 0.5) is 22.7 Å². The van der Waals surface area contributed by atoms with E-state index in [0.29, 0.717) is 21.8 Å². The number of nitro groups is 2. The second-order valence-electron chi connectivity index (χ2n) is 15.3. The number of pyridine rings is 4. The van der Waals surface area contributed by atoms with Gasteiger partial charge in [0.2, 0.25) is 0 Å². The van der Waals surface area contributed by atoms with Crippen molar-refractivity contribution in [3.63, 3.8) is 0 Å². The molecule has 4 heterocycles. The van der Waals surface area contributed by atoms with E-state index in [1.807, 2.05) is 127 Å². The van der Waals surface area contributed by atoms with E-state index in [4.69, 9.17) is 9.90 Å². The maximum absolute atomic E-state index is 12.7. The molecule has 11 aromatic rings. The number of hydrogen-bond acceptors (Lipinski definition) is 13. The maximum Gasteiger partial charge on any atom is 2.00 e. The van der Waals surface area contributed by atoms with Crippen LogP contribution in [0, 0.1) is 26.3 Å². The van der Waals surface area contributed by atoms with Crippen molar-refractivity contribution in [1.82, 2.24) is 19.9 Å². The summed E-state index contributed by atoms with van der Waals surface area (Å²) in [6, 6.07) is 58.6. The van der Waals surface area contributed by atoms with E-state index in [9.17, 15) is 37.1 Å². The zero-order valence-electron chi connectivity index (χ0n) is 40.7. The molecule has 0 aliphatic rings. The van der Waals surface area contributed by atoms with E-state index >= 15 is 0 Å². The summed E-state index contributed by atoms with van der Waals surface area (Å²) in [6.07, 6.45) is 10.3. The number of aliphatic carboxylic acids is 1. The van der Waals surface area contributed by atoms with Gasteiger partial charge in [0.15, 0.2) is 0 Å². The van der Waals surface area contributed by atoms with E-state index in [1.54, 1.807) is 61.4 Å². The predicted octanol–water partition coefficient (Wildman–Crippen LogP) is 13.8. The number of nitrogens with zero attached hydrogens (tertiary/aromatic N) is 8. The number of sulfonamides is 2. The molecule has 0 aliphatic carbocycles. The van der Waals surface area contributed by atoms with Crippen LogP contribution in [0.1, 0.15) is 14.4 Å². The number of carbonyl (C=O) groups is 1. The van der Waals surface area contributed by atoms with Gasteiger partial charge in [-0.15, -0.1) is 11.4 Å². The third-order valence-corrected chi connectivity index (χ3v) is 12.7. The Morgan fingerprint density at radius 1 is 0.481 bits per heavy atom. The average molecular weight is 1280 g/mol.